The number of hydrogen-bond acceptors (Lipinski definition) is 3. The van der Waals surface area contributed by atoms with E-state index >= 15 is 0 Å². The number of amides is 1. The minimum atomic E-state index is -0.499. The SMILES string of the molecule is Cc1ccc(Cl)cc1-n1nc(C(=O)Nc2ccc(Cl)cc2Cl)nc1-c1ccc(Br)cc1. The average Bonchev–Trinajstić information content (AvgIpc) is 3.18. The fourth-order valence-electron chi connectivity index (χ4n) is 2.94. The molecule has 31 heavy (non-hydrogen) atoms. The highest BCUT2D eigenvalue weighted by atomic mass is 79.9. The number of hydrogen-bond donors (Lipinski definition) is 1. The Kier molecular flexibility index (Phi) is 6.34. The summed E-state index contributed by atoms with van der Waals surface area (Å²) in [7, 11) is 0. The molecule has 0 aliphatic heterocycles. The molecule has 0 atom stereocenters. The monoisotopic (exact) mass is 534 g/mol. The van der Waals surface area contributed by atoms with Gasteiger partial charge in [0, 0.05) is 20.1 Å². The van der Waals surface area contributed by atoms with Crippen LogP contribution in [0.15, 0.2) is 65.1 Å². The first-order chi connectivity index (χ1) is 14.8. The number of nitrogens with one attached hydrogen (secondary N) is 1. The molecule has 1 aromatic heterocycles. The van der Waals surface area contributed by atoms with E-state index in [2.05, 4.69) is 31.3 Å². The van der Waals surface area contributed by atoms with Gasteiger partial charge in [-0.2, -0.15) is 0 Å². The molecule has 1 amide bonds. The normalized spacial score (nSPS) is 10.9. The van der Waals surface area contributed by atoms with Gasteiger partial charge in [-0.1, -0.05) is 68.9 Å². The van der Waals surface area contributed by atoms with E-state index in [1.807, 2.05) is 37.3 Å². The number of halogens is 4. The lowest BCUT2D eigenvalue weighted by Gasteiger charge is -2.09. The summed E-state index contributed by atoms with van der Waals surface area (Å²) in [6.45, 7) is 1.94. The molecule has 1 N–H and O–H groups in total. The fraction of sp³-hybridized carbons (Fsp3) is 0.0455. The first kappa shape index (κ1) is 21.8. The largest absolute Gasteiger partial charge is 0.318 e. The minimum Gasteiger partial charge on any atom is -0.318 e. The van der Waals surface area contributed by atoms with Crippen molar-refractivity contribution in [1.82, 2.24) is 14.8 Å². The summed E-state index contributed by atoms with van der Waals surface area (Å²) in [5, 5.41) is 8.55. The molecular formula is C22H14BrCl3N4O. The van der Waals surface area contributed by atoms with Crippen LogP contribution in [0.4, 0.5) is 5.69 Å². The van der Waals surface area contributed by atoms with Crippen molar-refractivity contribution in [3.63, 3.8) is 0 Å². The number of carbonyl (C=O) groups excluding carboxylic acids is 1. The van der Waals surface area contributed by atoms with Gasteiger partial charge in [-0.25, -0.2) is 9.67 Å². The van der Waals surface area contributed by atoms with Crippen molar-refractivity contribution in [2.75, 3.05) is 5.32 Å². The first-order valence-electron chi connectivity index (χ1n) is 9.08. The van der Waals surface area contributed by atoms with E-state index in [0.717, 1.165) is 21.3 Å². The van der Waals surface area contributed by atoms with Crippen LogP contribution in [-0.2, 0) is 0 Å². The van der Waals surface area contributed by atoms with Gasteiger partial charge in [-0.15, -0.1) is 5.10 Å². The summed E-state index contributed by atoms with van der Waals surface area (Å²) >= 11 is 21.8. The highest BCUT2D eigenvalue weighted by molar-refractivity contribution is 9.10. The molecule has 0 unspecified atom stereocenters. The van der Waals surface area contributed by atoms with E-state index in [0.29, 0.717) is 26.6 Å². The highest BCUT2D eigenvalue weighted by Gasteiger charge is 2.21. The predicted octanol–water partition coefficient (Wildman–Crippen LogP) is 7.22. The molecule has 3 aromatic carbocycles. The molecule has 4 rings (SSSR count). The summed E-state index contributed by atoms with van der Waals surface area (Å²) in [6, 6.07) is 17.8. The molecule has 0 saturated carbocycles. The lowest BCUT2D eigenvalue weighted by Crippen LogP contribution is -2.14. The average molecular weight is 537 g/mol. The van der Waals surface area contributed by atoms with Gasteiger partial charge in [0.1, 0.15) is 0 Å². The van der Waals surface area contributed by atoms with E-state index in [4.69, 9.17) is 34.8 Å². The van der Waals surface area contributed by atoms with Crippen LogP contribution in [-0.4, -0.2) is 20.7 Å². The van der Waals surface area contributed by atoms with Crippen LogP contribution >= 0.6 is 50.7 Å². The Balaban J connectivity index is 1.80. The van der Waals surface area contributed by atoms with Crippen LogP contribution in [0, 0.1) is 6.92 Å². The van der Waals surface area contributed by atoms with Crippen molar-refractivity contribution >= 4 is 62.3 Å². The van der Waals surface area contributed by atoms with Gasteiger partial charge in [0.25, 0.3) is 5.91 Å². The number of nitrogens with zero attached hydrogens (tertiary/aromatic N) is 3. The van der Waals surface area contributed by atoms with Crippen molar-refractivity contribution in [3.8, 4) is 17.1 Å². The van der Waals surface area contributed by atoms with Crippen LogP contribution in [0.25, 0.3) is 17.1 Å². The third kappa shape index (κ3) is 4.77. The number of rotatable bonds is 4. The minimum absolute atomic E-state index is 0.0108. The number of aromatic nitrogens is 3. The number of benzene rings is 3. The summed E-state index contributed by atoms with van der Waals surface area (Å²) < 4.78 is 2.54. The Morgan fingerprint density at radius 3 is 2.35 bits per heavy atom. The van der Waals surface area contributed by atoms with Gasteiger partial charge in [0.05, 0.1) is 16.4 Å². The molecule has 0 fully saturated rings. The second-order valence-corrected chi connectivity index (χ2v) is 8.88. The number of anilines is 1. The van der Waals surface area contributed by atoms with Crippen molar-refractivity contribution in [3.05, 3.63) is 91.6 Å². The van der Waals surface area contributed by atoms with Crippen molar-refractivity contribution in [2.24, 2.45) is 0 Å². The Hall–Kier alpha value is -2.38. The quantitative estimate of drug-likeness (QED) is 0.300. The lowest BCUT2D eigenvalue weighted by atomic mass is 10.2. The van der Waals surface area contributed by atoms with Crippen molar-refractivity contribution < 1.29 is 4.79 Å². The van der Waals surface area contributed by atoms with Crippen LogP contribution in [0.5, 0.6) is 0 Å². The topological polar surface area (TPSA) is 59.8 Å². The van der Waals surface area contributed by atoms with Crippen LogP contribution < -0.4 is 5.32 Å². The standard InChI is InChI=1S/C22H14BrCl3N4O/c1-12-2-7-16(25)11-19(12)30-21(13-3-5-14(23)6-4-13)28-20(29-30)22(31)27-18-9-8-15(24)10-17(18)26/h2-11H,1H3,(H,27,31). The zero-order valence-electron chi connectivity index (χ0n) is 16.0. The second-order valence-electron chi connectivity index (χ2n) is 6.69. The van der Waals surface area contributed by atoms with E-state index in [-0.39, 0.29) is 5.82 Å². The summed E-state index contributed by atoms with van der Waals surface area (Å²) in [5.74, 6) is -0.00505. The van der Waals surface area contributed by atoms with E-state index in [1.165, 1.54) is 0 Å². The van der Waals surface area contributed by atoms with Crippen LogP contribution in [0.2, 0.25) is 15.1 Å². The Bertz CT molecular complexity index is 1290. The molecule has 0 aliphatic carbocycles. The molecule has 5 nitrogen and oxygen atoms in total. The molecule has 0 spiro atoms. The summed E-state index contributed by atoms with van der Waals surface area (Å²) in [5.41, 5.74) is 2.86. The smallest absolute Gasteiger partial charge is 0.295 e. The molecule has 9 heteroatoms. The summed E-state index contributed by atoms with van der Waals surface area (Å²) in [6.07, 6.45) is 0. The molecular weight excluding hydrogens is 523 g/mol. The fourth-order valence-corrected chi connectivity index (χ4v) is 3.83. The Morgan fingerprint density at radius 2 is 1.65 bits per heavy atom. The Labute approximate surface area is 202 Å². The predicted molar refractivity (Wildman–Crippen MR) is 129 cm³/mol. The highest BCUT2D eigenvalue weighted by Crippen LogP contribution is 2.28. The van der Waals surface area contributed by atoms with Gasteiger partial charge in [-0.05, 0) is 55.0 Å². The van der Waals surface area contributed by atoms with Gasteiger partial charge >= 0.3 is 0 Å². The van der Waals surface area contributed by atoms with E-state index < -0.39 is 5.91 Å². The molecule has 4 aromatic rings. The maximum absolute atomic E-state index is 12.9. The molecule has 0 bridgehead atoms. The van der Waals surface area contributed by atoms with Gasteiger partial charge in [0.2, 0.25) is 5.82 Å². The maximum atomic E-state index is 12.9. The van der Waals surface area contributed by atoms with Gasteiger partial charge in [0.15, 0.2) is 5.82 Å². The third-order valence-corrected chi connectivity index (χ3v) is 5.80. The molecule has 0 radical (unpaired) electrons. The zero-order valence-corrected chi connectivity index (χ0v) is 19.9. The van der Waals surface area contributed by atoms with Crippen molar-refractivity contribution in [2.45, 2.75) is 6.92 Å². The number of aryl methyl sites for hydroxylation is 1. The first-order valence-corrected chi connectivity index (χ1v) is 11.0. The second kappa shape index (κ2) is 9.01. The number of carbonyl (C=O) groups is 1. The summed E-state index contributed by atoms with van der Waals surface area (Å²) in [4.78, 5) is 17.4. The maximum Gasteiger partial charge on any atom is 0.295 e. The molecule has 0 aliphatic rings. The van der Waals surface area contributed by atoms with Crippen LogP contribution in [0.1, 0.15) is 16.2 Å². The van der Waals surface area contributed by atoms with Gasteiger partial charge in [-0.3, -0.25) is 4.79 Å². The van der Waals surface area contributed by atoms with Gasteiger partial charge < -0.3 is 5.32 Å². The van der Waals surface area contributed by atoms with Crippen LogP contribution in [0.3, 0.4) is 0 Å². The van der Waals surface area contributed by atoms with E-state index in [1.54, 1.807) is 35.0 Å². The molecule has 0 saturated heterocycles. The third-order valence-electron chi connectivity index (χ3n) is 4.49. The lowest BCUT2D eigenvalue weighted by molar-refractivity contribution is 0.101. The molecule has 1 heterocycles. The van der Waals surface area contributed by atoms with E-state index in [9.17, 15) is 4.79 Å². The Morgan fingerprint density at radius 1 is 0.968 bits per heavy atom. The van der Waals surface area contributed by atoms with Crippen molar-refractivity contribution in [1.29, 1.82) is 0 Å². The molecule has 156 valence electrons. The zero-order chi connectivity index (χ0) is 22.1.